The molecule has 4 N–H and O–H groups in total. The number of nitrogens with one attached hydrogen (secondary N) is 2. The van der Waals surface area contributed by atoms with Crippen LogP contribution in [0.1, 0.15) is 48.3 Å². The molecule has 1 aromatic heterocycles. The molecule has 0 bridgehead atoms. The Hall–Kier alpha value is -2.57. The Kier molecular flexibility index (Phi) is 4.75. The topological polar surface area (TPSA) is 106 Å². The molecule has 0 aliphatic heterocycles. The van der Waals surface area contributed by atoms with Crippen molar-refractivity contribution < 1.29 is 9.53 Å². The normalized spacial score (nSPS) is 15.3. The summed E-state index contributed by atoms with van der Waals surface area (Å²) in [5, 5.41) is 8.86. The average molecular weight is 315 g/mol. The molecule has 1 aromatic carbocycles. The summed E-state index contributed by atoms with van der Waals surface area (Å²) < 4.78 is 5.98. The summed E-state index contributed by atoms with van der Waals surface area (Å²) in [5.74, 6) is 0.714. The number of aromatic amines is 1. The zero-order valence-corrected chi connectivity index (χ0v) is 12.9. The van der Waals surface area contributed by atoms with E-state index in [1.807, 2.05) is 24.3 Å². The highest BCUT2D eigenvalue weighted by molar-refractivity contribution is 5.90. The third-order valence-corrected chi connectivity index (χ3v) is 3.95. The highest BCUT2D eigenvalue weighted by Crippen LogP contribution is 2.23. The Morgan fingerprint density at radius 1 is 1.26 bits per heavy atom. The number of aromatic nitrogens is 3. The first-order valence-corrected chi connectivity index (χ1v) is 7.92. The molecule has 2 aromatic rings. The lowest BCUT2D eigenvalue weighted by atomic mass is 9.98. The minimum atomic E-state index is -0.336. The number of ether oxygens (including phenoxy) is 1. The molecule has 1 heterocycles. The smallest absolute Gasteiger partial charge is 0.288 e. The minimum absolute atomic E-state index is 0.0550. The maximum Gasteiger partial charge on any atom is 0.288 e. The maximum absolute atomic E-state index is 11.8. The van der Waals surface area contributed by atoms with Gasteiger partial charge in [0.2, 0.25) is 11.8 Å². The van der Waals surface area contributed by atoms with E-state index in [0.29, 0.717) is 12.6 Å². The van der Waals surface area contributed by atoms with Crippen molar-refractivity contribution in [2.75, 3.05) is 5.73 Å². The number of nitrogens with two attached hydrogens (primary N) is 1. The van der Waals surface area contributed by atoms with E-state index in [9.17, 15) is 4.79 Å². The van der Waals surface area contributed by atoms with Gasteiger partial charge in [0.05, 0.1) is 6.10 Å². The lowest BCUT2D eigenvalue weighted by Crippen LogP contribution is -2.24. The molecule has 0 radical (unpaired) electrons. The number of rotatable bonds is 5. The molecule has 1 saturated carbocycles. The Morgan fingerprint density at radius 3 is 2.65 bits per heavy atom. The first-order valence-electron chi connectivity index (χ1n) is 7.92. The van der Waals surface area contributed by atoms with Crippen LogP contribution in [0, 0.1) is 0 Å². The van der Waals surface area contributed by atoms with Gasteiger partial charge < -0.3 is 15.8 Å². The van der Waals surface area contributed by atoms with Gasteiger partial charge in [-0.05, 0) is 43.4 Å². The summed E-state index contributed by atoms with van der Waals surface area (Å²) in [7, 11) is 0. The summed E-state index contributed by atoms with van der Waals surface area (Å²) in [4.78, 5) is 15.6. The number of carbonyl (C=O) groups excluding carboxylic acids is 1. The van der Waals surface area contributed by atoms with Crippen LogP contribution in [0.25, 0.3) is 0 Å². The fourth-order valence-corrected chi connectivity index (χ4v) is 2.70. The molecule has 0 atom stereocenters. The Labute approximate surface area is 134 Å². The molecular weight excluding hydrogens is 294 g/mol. The van der Waals surface area contributed by atoms with Gasteiger partial charge in [0, 0.05) is 6.54 Å². The molecule has 0 spiro atoms. The zero-order chi connectivity index (χ0) is 16.1. The molecule has 7 heteroatoms. The van der Waals surface area contributed by atoms with Gasteiger partial charge in [-0.3, -0.25) is 9.89 Å². The van der Waals surface area contributed by atoms with E-state index in [2.05, 4.69) is 20.5 Å². The molecule has 1 aliphatic carbocycles. The second-order valence-electron chi connectivity index (χ2n) is 5.75. The number of benzene rings is 1. The van der Waals surface area contributed by atoms with Gasteiger partial charge in [-0.2, -0.15) is 4.98 Å². The monoisotopic (exact) mass is 315 g/mol. The first-order chi connectivity index (χ1) is 11.2. The van der Waals surface area contributed by atoms with Crippen LogP contribution in [-0.2, 0) is 6.54 Å². The highest BCUT2D eigenvalue weighted by atomic mass is 16.5. The average Bonchev–Trinajstić information content (AvgIpc) is 3.01. The van der Waals surface area contributed by atoms with Gasteiger partial charge in [-0.1, -0.05) is 18.6 Å². The van der Waals surface area contributed by atoms with Crippen LogP contribution in [0.3, 0.4) is 0 Å². The predicted octanol–water partition coefficient (Wildman–Crippen LogP) is 2.03. The van der Waals surface area contributed by atoms with E-state index in [1.54, 1.807) is 0 Å². The van der Waals surface area contributed by atoms with Crippen LogP contribution in [0.15, 0.2) is 24.3 Å². The van der Waals surface area contributed by atoms with Crippen LogP contribution < -0.4 is 15.8 Å². The predicted molar refractivity (Wildman–Crippen MR) is 85.9 cm³/mol. The third-order valence-electron chi connectivity index (χ3n) is 3.95. The van der Waals surface area contributed by atoms with E-state index in [1.165, 1.54) is 19.3 Å². The second-order valence-corrected chi connectivity index (χ2v) is 5.75. The number of carbonyl (C=O) groups is 1. The van der Waals surface area contributed by atoms with Gasteiger partial charge in [0.1, 0.15) is 5.75 Å². The van der Waals surface area contributed by atoms with Crippen LogP contribution in [0.2, 0.25) is 0 Å². The maximum atomic E-state index is 11.8. The minimum Gasteiger partial charge on any atom is -0.490 e. The van der Waals surface area contributed by atoms with E-state index in [0.717, 1.165) is 24.2 Å². The van der Waals surface area contributed by atoms with Crippen molar-refractivity contribution >= 4 is 11.9 Å². The first kappa shape index (κ1) is 15.3. The van der Waals surface area contributed by atoms with Crippen molar-refractivity contribution in [1.82, 2.24) is 20.5 Å². The number of anilines is 1. The van der Waals surface area contributed by atoms with E-state index < -0.39 is 0 Å². The van der Waals surface area contributed by atoms with Crippen molar-refractivity contribution in [1.29, 1.82) is 0 Å². The molecule has 3 rings (SSSR count). The third kappa shape index (κ3) is 4.21. The van der Waals surface area contributed by atoms with E-state index in [-0.39, 0.29) is 17.7 Å². The van der Waals surface area contributed by atoms with Gasteiger partial charge in [0.15, 0.2) is 0 Å². The number of amides is 1. The summed E-state index contributed by atoms with van der Waals surface area (Å²) in [6, 6.07) is 7.80. The number of nitrogen functional groups attached to an aromatic ring is 1. The zero-order valence-electron chi connectivity index (χ0n) is 12.9. The number of hydrogen-bond donors (Lipinski definition) is 3. The fraction of sp³-hybridized carbons (Fsp3) is 0.438. The van der Waals surface area contributed by atoms with E-state index in [4.69, 9.17) is 10.5 Å². The van der Waals surface area contributed by atoms with Crippen molar-refractivity contribution in [3.63, 3.8) is 0 Å². The Balaban J connectivity index is 1.50. The summed E-state index contributed by atoms with van der Waals surface area (Å²) >= 11 is 0. The van der Waals surface area contributed by atoms with Crippen LogP contribution in [0.5, 0.6) is 5.75 Å². The van der Waals surface area contributed by atoms with E-state index >= 15 is 0 Å². The van der Waals surface area contributed by atoms with Gasteiger partial charge in [-0.15, -0.1) is 5.10 Å². The number of H-pyrrole nitrogens is 1. The number of hydrogen-bond acceptors (Lipinski definition) is 5. The van der Waals surface area contributed by atoms with Gasteiger partial charge in [0.25, 0.3) is 5.91 Å². The molecule has 7 nitrogen and oxygen atoms in total. The lowest BCUT2D eigenvalue weighted by molar-refractivity contribution is 0.0941. The van der Waals surface area contributed by atoms with Crippen molar-refractivity contribution in [3.8, 4) is 5.75 Å². The Bertz CT molecular complexity index is 647. The SMILES string of the molecule is Nc1n[nH]c(C(=O)NCc2ccc(OC3CCCCC3)cc2)n1. The standard InChI is InChI=1S/C16H21N5O2/c17-16-19-14(20-21-16)15(22)18-10-11-6-8-13(9-7-11)23-12-4-2-1-3-5-12/h6-9,12H,1-5,10H2,(H,18,22)(H3,17,19,20,21). The summed E-state index contributed by atoms with van der Waals surface area (Å²) in [6.07, 6.45) is 6.43. The molecule has 1 aliphatic rings. The second kappa shape index (κ2) is 7.13. The number of nitrogens with zero attached hydrogens (tertiary/aromatic N) is 2. The Morgan fingerprint density at radius 2 is 2.00 bits per heavy atom. The lowest BCUT2D eigenvalue weighted by Gasteiger charge is -2.23. The van der Waals surface area contributed by atoms with Crippen LogP contribution >= 0.6 is 0 Å². The molecular formula is C16H21N5O2. The highest BCUT2D eigenvalue weighted by Gasteiger charge is 2.14. The molecule has 1 fully saturated rings. The van der Waals surface area contributed by atoms with Crippen molar-refractivity contribution in [2.45, 2.75) is 44.8 Å². The molecule has 0 unspecified atom stereocenters. The van der Waals surface area contributed by atoms with Crippen LogP contribution in [-0.4, -0.2) is 27.2 Å². The van der Waals surface area contributed by atoms with Crippen molar-refractivity contribution in [3.05, 3.63) is 35.7 Å². The quantitative estimate of drug-likeness (QED) is 0.783. The molecule has 23 heavy (non-hydrogen) atoms. The van der Waals surface area contributed by atoms with Gasteiger partial charge >= 0.3 is 0 Å². The van der Waals surface area contributed by atoms with Gasteiger partial charge in [-0.25, -0.2) is 0 Å². The van der Waals surface area contributed by atoms with Crippen LogP contribution in [0.4, 0.5) is 5.95 Å². The largest absolute Gasteiger partial charge is 0.490 e. The molecule has 1 amide bonds. The summed E-state index contributed by atoms with van der Waals surface area (Å²) in [5.41, 5.74) is 6.36. The van der Waals surface area contributed by atoms with Crippen molar-refractivity contribution in [2.24, 2.45) is 0 Å². The molecule has 0 saturated heterocycles. The molecule has 122 valence electrons. The fourth-order valence-electron chi connectivity index (χ4n) is 2.70. The summed E-state index contributed by atoms with van der Waals surface area (Å²) in [6.45, 7) is 0.406.